The zero-order valence-electron chi connectivity index (χ0n) is 12.2. The minimum absolute atomic E-state index is 0.0326. The molecular weight excluding hydrogens is 320 g/mol. The second kappa shape index (κ2) is 5.78. The van der Waals surface area contributed by atoms with Crippen molar-refractivity contribution in [2.75, 3.05) is 6.54 Å². The number of benzene rings is 1. The summed E-state index contributed by atoms with van der Waals surface area (Å²) in [6.45, 7) is 0.197. The van der Waals surface area contributed by atoms with E-state index in [4.69, 9.17) is 0 Å². The van der Waals surface area contributed by atoms with Crippen LogP contribution in [0.2, 0.25) is 0 Å². The summed E-state index contributed by atoms with van der Waals surface area (Å²) in [7, 11) is -3.90. The van der Waals surface area contributed by atoms with E-state index in [1.165, 1.54) is 30.3 Å². The second-order valence-corrected chi connectivity index (χ2v) is 7.43. The molecule has 122 valence electrons. The Kier molecular flexibility index (Phi) is 3.95. The van der Waals surface area contributed by atoms with Gasteiger partial charge in [0.25, 0.3) is 0 Å². The van der Waals surface area contributed by atoms with Crippen molar-refractivity contribution in [3.63, 3.8) is 0 Å². The van der Waals surface area contributed by atoms with E-state index in [-0.39, 0.29) is 17.0 Å². The Labute approximate surface area is 132 Å². The number of aromatic nitrogens is 1. The molecule has 1 aliphatic heterocycles. The van der Waals surface area contributed by atoms with Crippen LogP contribution < -0.4 is 5.56 Å². The van der Waals surface area contributed by atoms with Gasteiger partial charge in [-0.25, -0.2) is 8.42 Å². The number of H-pyrrole nitrogens is 1. The highest BCUT2D eigenvalue weighted by molar-refractivity contribution is 7.89. The van der Waals surface area contributed by atoms with Gasteiger partial charge in [0.2, 0.25) is 15.6 Å². The van der Waals surface area contributed by atoms with Crippen molar-refractivity contribution in [1.29, 1.82) is 0 Å². The Bertz CT molecular complexity index is 919. The Morgan fingerprint density at radius 3 is 2.74 bits per heavy atom. The van der Waals surface area contributed by atoms with Crippen LogP contribution in [0.15, 0.2) is 40.0 Å². The van der Waals surface area contributed by atoms with E-state index in [0.29, 0.717) is 30.2 Å². The normalized spacial score (nSPS) is 19.7. The van der Waals surface area contributed by atoms with Gasteiger partial charge in [-0.15, -0.1) is 0 Å². The number of hydrogen-bond acceptors (Lipinski definition) is 4. The molecule has 8 heteroatoms. The third-order valence-electron chi connectivity index (χ3n) is 4.04. The quantitative estimate of drug-likeness (QED) is 0.874. The lowest BCUT2D eigenvalue weighted by Gasteiger charge is -2.31. The fraction of sp³-hybridized carbons (Fsp3) is 0.333. The van der Waals surface area contributed by atoms with Crippen LogP contribution in [0.4, 0.5) is 0 Å². The van der Waals surface area contributed by atoms with Gasteiger partial charge < -0.3 is 10.1 Å². The number of rotatable bonds is 3. The predicted octanol–water partition coefficient (Wildman–Crippen LogP) is 1.16. The van der Waals surface area contributed by atoms with E-state index < -0.39 is 22.0 Å². The molecule has 0 radical (unpaired) electrons. The minimum atomic E-state index is -3.90. The first-order valence-corrected chi connectivity index (χ1v) is 8.71. The number of nitrogens with one attached hydrogen (secondary N) is 1. The standard InChI is InChI=1S/C15H16N2O5S/c18-14-7-4-10-9-11(5-6-12(10)16-14)23(21,22)17-8-2-1-3-13(17)15(19)20/h4-7,9,13H,1-3,8H2,(H,16,18)(H,19,20). The number of pyridine rings is 1. The van der Waals surface area contributed by atoms with E-state index in [0.717, 1.165) is 4.31 Å². The summed E-state index contributed by atoms with van der Waals surface area (Å²) in [6.07, 6.45) is 1.65. The summed E-state index contributed by atoms with van der Waals surface area (Å²) < 4.78 is 26.7. The van der Waals surface area contributed by atoms with E-state index >= 15 is 0 Å². The molecule has 1 fully saturated rings. The first-order chi connectivity index (χ1) is 10.9. The first kappa shape index (κ1) is 15.7. The van der Waals surface area contributed by atoms with Gasteiger partial charge in [0.05, 0.1) is 4.90 Å². The molecule has 0 aliphatic carbocycles. The van der Waals surface area contributed by atoms with Crippen LogP contribution in [0.1, 0.15) is 19.3 Å². The van der Waals surface area contributed by atoms with E-state index in [9.17, 15) is 23.1 Å². The molecule has 7 nitrogen and oxygen atoms in total. The van der Waals surface area contributed by atoms with Gasteiger partial charge in [-0.2, -0.15) is 4.31 Å². The topological polar surface area (TPSA) is 108 Å². The highest BCUT2D eigenvalue weighted by Crippen LogP contribution is 2.27. The van der Waals surface area contributed by atoms with Crippen LogP contribution in [0.25, 0.3) is 10.9 Å². The maximum absolute atomic E-state index is 12.8. The fourth-order valence-corrected chi connectivity index (χ4v) is 4.55. The molecule has 3 rings (SSSR count). The van der Waals surface area contributed by atoms with Gasteiger partial charge in [0.1, 0.15) is 6.04 Å². The van der Waals surface area contributed by atoms with Crippen molar-refractivity contribution in [2.45, 2.75) is 30.2 Å². The average Bonchev–Trinajstić information content (AvgIpc) is 2.54. The largest absolute Gasteiger partial charge is 0.480 e. The number of nitrogens with zero attached hydrogens (tertiary/aromatic N) is 1. The lowest BCUT2D eigenvalue weighted by Crippen LogP contribution is -2.47. The summed E-state index contributed by atoms with van der Waals surface area (Å²) in [5.41, 5.74) is 0.264. The zero-order valence-corrected chi connectivity index (χ0v) is 13.0. The maximum atomic E-state index is 12.8. The van der Waals surface area contributed by atoms with Gasteiger partial charge in [-0.3, -0.25) is 9.59 Å². The van der Waals surface area contributed by atoms with Crippen LogP contribution in [-0.2, 0) is 14.8 Å². The smallest absolute Gasteiger partial charge is 0.322 e. The van der Waals surface area contributed by atoms with Gasteiger partial charge in [-0.05, 0) is 48.9 Å². The van der Waals surface area contributed by atoms with E-state index in [1.807, 2.05) is 0 Å². The lowest BCUT2D eigenvalue weighted by molar-refractivity contribution is -0.142. The van der Waals surface area contributed by atoms with Gasteiger partial charge in [-0.1, -0.05) is 0 Å². The monoisotopic (exact) mass is 336 g/mol. The molecule has 1 aromatic carbocycles. The van der Waals surface area contributed by atoms with E-state index in [1.54, 1.807) is 0 Å². The molecular formula is C15H16N2O5S. The molecule has 23 heavy (non-hydrogen) atoms. The molecule has 1 atom stereocenters. The Hall–Kier alpha value is -2.19. The number of carboxylic acid groups (broad SMARTS) is 1. The summed E-state index contributed by atoms with van der Waals surface area (Å²) >= 11 is 0. The van der Waals surface area contributed by atoms with Crippen molar-refractivity contribution >= 4 is 26.9 Å². The Balaban J connectivity index is 2.06. The zero-order chi connectivity index (χ0) is 16.6. The van der Waals surface area contributed by atoms with Crippen LogP contribution in [0.3, 0.4) is 0 Å². The summed E-state index contributed by atoms with van der Waals surface area (Å²) in [5.74, 6) is -1.13. The third-order valence-corrected chi connectivity index (χ3v) is 5.94. The molecule has 0 amide bonds. The number of aromatic amines is 1. The van der Waals surface area contributed by atoms with Crippen LogP contribution in [-0.4, -0.2) is 41.4 Å². The number of carboxylic acids is 1. The van der Waals surface area contributed by atoms with E-state index in [2.05, 4.69) is 4.98 Å². The molecule has 2 aromatic rings. The lowest BCUT2D eigenvalue weighted by atomic mass is 10.1. The molecule has 1 saturated heterocycles. The molecule has 0 spiro atoms. The number of hydrogen-bond donors (Lipinski definition) is 2. The van der Waals surface area contributed by atoms with Crippen molar-refractivity contribution < 1.29 is 18.3 Å². The molecule has 2 N–H and O–H groups in total. The van der Waals surface area contributed by atoms with Gasteiger partial charge in [0, 0.05) is 18.1 Å². The maximum Gasteiger partial charge on any atom is 0.322 e. The number of fused-ring (bicyclic) bond motifs is 1. The number of piperidine rings is 1. The van der Waals surface area contributed by atoms with Crippen LogP contribution >= 0.6 is 0 Å². The van der Waals surface area contributed by atoms with Crippen molar-refractivity contribution in [2.24, 2.45) is 0 Å². The Morgan fingerprint density at radius 2 is 2.00 bits per heavy atom. The second-order valence-electron chi connectivity index (χ2n) is 5.54. The van der Waals surface area contributed by atoms with Crippen molar-refractivity contribution in [3.05, 3.63) is 40.7 Å². The molecule has 0 bridgehead atoms. The number of aliphatic carboxylic acids is 1. The SMILES string of the molecule is O=C(O)C1CCCCN1S(=O)(=O)c1ccc2[nH]c(=O)ccc2c1. The minimum Gasteiger partial charge on any atom is -0.480 e. The highest BCUT2D eigenvalue weighted by Gasteiger charge is 2.37. The predicted molar refractivity (Wildman–Crippen MR) is 83.7 cm³/mol. The summed E-state index contributed by atoms with van der Waals surface area (Å²) in [6, 6.07) is 6.19. The number of sulfonamides is 1. The molecule has 1 unspecified atom stereocenters. The van der Waals surface area contributed by atoms with Crippen molar-refractivity contribution in [1.82, 2.24) is 9.29 Å². The average molecular weight is 336 g/mol. The van der Waals surface area contributed by atoms with Crippen LogP contribution in [0.5, 0.6) is 0 Å². The van der Waals surface area contributed by atoms with Crippen LogP contribution in [0, 0.1) is 0 Å². The molecule has 2 heterocycles. The van der Waals surface area contributed by atoms with Crippen molar-refractivity contribution in [3.8, 4) is 0 Å². The molecule has 1 aliphatic rings. The summed E-state index contributed by atoms with van der Waals surface area (Å²) in [5, 5.41) is 9.85. The first-order valence-electron chi connectivity index (χ1n) is 7.27. The van der Waals surface area contributed by atoms with Gasteiger partial charge in [0.15, 0.2) is 0 Å². The Morgan fingerprint density at radius 1 is 1.22 bits per heavy atom. The third kappa shape index (κ3) is 2.87. The van der Waals surface area contributed by atoms with Gasteiger partial charge >= 0.3 is 5.97 Å². The highest BCUT2D eigenvalue weighted by atomic mass is 32.2. The fourth-order valence-electron chi connectivity index (χ4n) is 2.87. The number of carbonyl (C=O) groups is 1. The molecule has 0 saturated carbocycles. The molecule has 1 aromatic heterocycles. The summed E-state index contributed by atoms with van der Waals surface area (Å²) in [4.78, 5) is 25.3.